The number of furan rings is 1. The van der Waals surface area contributed by atoms with Gasteiger partial charge in [0.05, 0.1) is 5.56 Å². The number of carbonyl (C=O) groups excluding carboxylic acids is 1. The fourth-order valence-electron chi connectivity index (χ4n) is 3.21. The molecule has 0 radical (unpaired) electrons. The monoisotopic (exact) mass is 313 g/mol. The summed E-state index contributed by atoms with van der Waals surface area (Å²) in [6, 6.07) is 11.5. The van der Waals surface area contributed by atoms with E-state index in [1.807, 2.05) is 18.2 Å². The zero-order valence-electron chi connectivity index (χ0n) is 12.7. The number of carboxylic acids is 1. The van der Waals surface area contributed by atoms with Gasteiger partial charge in [0.1, 0.15) is 6.26 Å². The minimum absolute atomic E-state index is 0.0154. The van der Waals surface area contributed by atoms with Crippen molar-refractivity contribution in [2.75, 3.05) is 0 Å². The first-order valence-corrected chi connectivity index (χ1v) is 7.83. The molecule has 1 aromatic carbocycles. The van der Waals surface area contributed by atoms with Crippen LogP contribution >= 0.6 is 0 Å². The van der Waals surface area contributed by atoms with E-state index < -0.39 is 5.97 Å². The highest BCUT2D eigenvalue weighted by Crippen LogP contribution is 2.33. The molecule has 1 aliphatic carbocycles. The van der Waals surface area contributed by atoms with E-state index >= 15 is 0 Å². The molecule has 2 unspecified atom stereocenters. The number of amides is 1. The number of hydrogen-bond acceptors (Lipinski definition) is 3. The van der Waals surface area contributed by atoms with Crippen LogP contribution in [0.25, 0.3) is 0 Å². The van der Waals surface area contributed by atoms with E-state index in [1.54, 1.807) is 0 Å². The standard InChI is InChI=1S/C18H19NO4/c20-17(16-10-13(11-23-16)18(21)22)19-15-9-5-4-8-14(15)12-6-2-1-3-7-12/h1-3,6-7,10-11,14-15H,4-5,8-9H2,(H,19,20)(H,21,22). The van der Waals surface area contributed by atoms with E-state index in [1.165, 1.54) is 11.6 Å². The van der Waals surface area contributed by atoms with Gasteiger partial charge in [-0.05, 0) is 18.4 Å². The minimum atomic E-state index is -1.10. The van der Waals surface area contributed by atoms with E-state index in [-0.39, 0.29) is 29.2 Å². The lowest BCUT2D eigenvalue weighted by molar-refractivity contribution is 0.0695. The Bertz CT molecular complexity index is 692. The third kappa shape index (κ3) is 3.44. The van der Waals surface area contributed by atoms with Gasteiger partial charge in [0, 0.05) is 18.0 Å². The first-order valence-electron chi connectivity index (χ1n) is 7.83. The van der Waals surface area contributed by atoms with Crippen molar-refractivity contribution >= 4 is 11.9 Å². The van der Waals surface area contributed by atoms with Crippen LogP contribution in [-0.4, -0.2) is 23.0 Å². The zero-order chi connectivity index (χ0) is 16.2. The summed E-state index contributed by atoms with van der Waals surface area (Å²) in [5.74, 6) is -1.14. The van der Waals surface area contributed by atoms with Gasteiger partial charge in [0.2, 0.25) is 0 Å². The molecule has 3 rings (SSSR count). The molecule has 0 spiro atoms. The molecular weight excluding hydrogens is 294 g/mol. The second-order valence-corrected chi connectivity index (χ2v) is 5.89. The summed E-state index contributed by atoms with van der Waals surface area (Å²) in [5.41, 5.74) is 1.21. The number of aromatic carboxylic acids is 1. The molecule has 1 aliphatic rings. The predicted octanol–water partition coefficient (Wildman–Crippen LogP) is 3.43. The van der Waals surface area contributed by atoms with Crippen molar-refractivity contribution in [3.63, 3.8) is 0 Å². The predicted molar refractivity (Wildman–Crippen MR) is 84.6 cm³/mol. The molecule has 1 aromatic heterocycles. The number of benzene rings is 1. The number of nitrogens with one attached hydrogen (secondary N) is 1. The second kappa shape index (κ2) is 6.69. The van der Waals surface area contributed by atoms with Gasteiger partial charge in [-0.3, -0.25) is 4.79 Å². The average Bonchev–Trinajstić information content (AvgIpc) is 3.07. The Morgan fingerprint density at radius 1 is 1.13 bits per heavy atom. The van der Waals surface area contributed by atoms with Crippen LogP contribution in [0, 0.1) is 0 Å². The van der Waals surface area contributed by atoms with Crippen molar-refractivity contribution in [2.45, 2.75) is 37.6 Å². The number of hydrogen-bond donors (Lipinski definition) is 2. The third-order valence-corrected chi connectivity index (χ3v) is 4.38. The normalized spacial score (nSPS) is 20.9. The van der Waals surface area contributed by atoms with E-state index in [2.05, 4.69) is 17.4 Å². The molecule has 23 heavy (non-hydrogen) atoms. The Hall–Kier alpha value is -2.56. The van der Waals surface area contributed by atoms with Crippen LogP contribution in [0.2, 0.25) is 0 Å². The Balaban J connectivity index is 1.73. The topological polar surface area (TPSA) is 79.5 Å². The summed E-state index contributed by atoms with van der Waals surface area (Å²) >= 11 is 0. The summed E-state index contributed by atoms with van der Waals surface area (Å²) in [4.78, 5) is 23.2. The lowest BCUT2D eigenvalue weighted by Gasteiger charge is -2.32. The zero-order valence-corrected chi connectivity index (χ0v) is 12.7. The lowest BCUT2D eigenvalue weighted by atomic mass is 9.80. The van der Waals surface area contributed by atoms with Gasteiger partial charge in [-0.2, -0.15) is 0 Å². The SMILES string of the molecule is O=C(O)c1coc(C(=O)NC2CCCCC2c2ccccc2)c1. The summed E-state index contributed by atoms with van der Waals surface area (Å²) in [5, 5.41) is 11.9. The molecule has 2 atom stereocenters. The summed E-state index contributed by atoms with van der Waals surface area (Å²) in [6.45, 7) is 0. The molecule has 0 saturated heterocycles. The molecule has 1 fully saturated rings. The number of carbonyl (C=O) groups is 2. The van der Waals surface area contributed by atoms with Crippen LogP contribution in [0.5, 0.6) is 0 Å². The fraction of sp³-hybridized carbons (Fsp3) is 0.333. The van der Waals surface area contributed by atoms with E-state index in [0.29, 0.717) is 0 Å². The first-order chi connectivity index (χ1) is 11.1. The van der Waals surface area contributed by atoms with E-state index in [9.17, 15) is 9.59 Å². The van der Waals surface area contributed by atoms with Gasteiger partial charge in [0.25, 0.3) is 5.91 Å². The molecule has 2 aromatic rings. The van der Waals surface area contributed by atoms with Gasteiger partial charge in [0.15, 0.2) is 5.76 Å². The molecule has 0 aliphatic heterocycles. The summed E-state index contributed by atoms with van der Waals surface area (Å²) in [6.07, 6.45) is 5.26. The average molecular weight is 313 g/mol. The van der Waals surface area contributed by atoms with Crippen molar-refractivity contribution in [1.82, 2.24) is 5.32 Å². The number of rotatable bonds is 4. The van der Waals surface area contributed by atoms with Crippen LogP contribution in [-0.2, 0) is 0 Å². The Labute approximate surface area is 134 Å². The molecule has 0 bridgehead atoms. The Morgan fingerprint density at radius 2 is 1.87 bits per heavy atom. The van der Waals surface area contributed by atoms with Crippen LogP contribution in [0.3, 0.4) is 0 Å². The van der Waals surface area contributed by atoms with E-state index in [4.69, 9.17) is 9.52 Å². The largest absolute Gasteiger partial charge is 0.478 e. The molecule has 1 amide bonds. The van der Waals surface area contributed by atoms with Crippen molar-refractivity contribution < 1.29 is 19.1 Å². The van der Waals surface area contributed by atoms with Crippen molar-refractivity contribution in [3.8, 4) is 0 Å². The fourth-order valence-corrected chi connectivity index (χ4v) is 3.21. The highest BCUT2D eigenvalue weighted by molar-refractivity contribution is 5.95. The Morgan fingerprint density at radius 3 is 2.57 bits per heavy atom. The van der Waals surface area contributed by atoms with Crippen LogP contribution < -0.4 is 5.32 Å². The summed E-state index contributed by atoms with van der Waals surface area (Å²) in [7, 11) is 0. The maximum absolute atomic E-state index is 12.3. The molecule has 120 valence electrons. The van der Waals surface area contributed by atoms with Crippen molar-refractivity contribution in [1.29, 1.82) is 0 Å². The molecular formula is C18H19NO4. The maximum Gasteiger partial charge on any atom is 0.338 e. The maximum atomic E-state index is 12.3. The second-order valence-electron chi connectivity index (χ2n) is 5.89. The smallest absolute Gasteiger partial charge is 0.338 e. The van der Waals surface area contributed by atoms with Gasteiger partial charge in [-0.1, -0.05) is 43.2 Å². The molecule has 1 saturated carbocycles. The van der Waals surface area contributed by atoms with Crippen LogP contribution in [0.4, 0.5) is 0 Å². The van der Waals surface area contributed by atoms with Gasteiger partial charge in [-0.15, -0.1) is 0 Å². The van der Waals surface area contributed by atoms with Crippen molar-refractivity contribution in [2.24, 2.45) is 0 Å². The lowest BCUT2D eigenvalue weighted by Crippen LogP contribution is -2.40. The highest BCUT2D eigenvalue weighted by Gasteiger charge is 2.28. The van der Waals surface area contributed by atoms with Gasteiger partial charge in [-0.25, -0.2) is 4.79 Å². The minimum Gasteiger partial charge on any atom is -0.478 e. The van der Waals surface area contributed by atoms with Crippen LogP contribution in [0.1, 0.15) is 58.1 Å². The molecule has 5 nitrogen and oxygen atoms in total. The van der Waals surface area contributed by atoms with Gasteiger partial charge < -0.3 is 14.8 Å². The molecule has 5 heteroatoms. The molecule has 1 heterocycles. The van der Waals surface area contributed by atoms with Crippen LogP contribution in [0.15, 0.2) is 47.1 Å². The quantitative estimate of drug-likeness (QED) is 0.906. The third-order valence-electron chi connectivity index (χ3n) is 4.38. The molecule has 2 N–H and O–H groups in total. The van der Waals surface area contributed by atoms with Gasteiger partial charge >= 0.3 is 5.97 Å². The Kier molecular flexibility index (Phi) is 4.46. The first kappa shape index (κ1) is 15.3. The van der Waals surface area contributed by atoms with E-state index in [0.717, 1.165) is 31.9 Å². The summed E-state index contributed by atoms with van der Waals surface area (Å²) < 4.78 is 5.08. The highest BCUT2D eigenvalue weighted by atomic mass is 16.4. The number of carboxylic acid groups (broad SMARTS) is 1. The van der Waals surface area contributed by atoms with Crippen molar-refractivity contribution in [3.05, 3.63) is 59.5 Å².